The average Bonchev–Trinajstić information content (AvgIpc) is 2.71. The third-order valence-electron chi connectivity index (χ3n) is 4.67. The molecule has 0 unspecified atom stereocenters. The predicted octanol–water partition coefficient (Wildman–Crippen LogP) is 6.70. The van der Waals surface area contributed by atoms with Crippen molar-refractivity contribution in [2.45, 2.75) is 24.7 Å². The Balaban J connectivity index is 1.91. The molecule has 0 spiro atoms. The summed E-state index contributed by atoms with van der Waals surface area (Å²) in [6.45, 7) is -0.101. The van der Waals surface area contributed by atoms with Crippen LogP contribution in [0, 0.1) is 5.82 Å². The SMILES string of the molecule is Fc1ccccc1[C@@H](CNc1cc(C(F)(F)F)cc(C(F)(F)F)c1)Cc1ccccn1. The molecule has 2 nitrogen and oxygen atoms in total. The highest BCUT2D eigenvalue weighted by Gasteiger charge is 2.37. The lowest BCUT2D eigenvalue weighted by Crippen LogP contribution is -2.18. The van der Waals surface area contributed by atoms with Crippen LogP contribution in [0.5, 0.6) is 0 Å². The van der Waals surface area contributed by atoms with Crippen molar-refractivity contribution in [3.8, 4) is 0 Å². The molecule has 0 saturated heterocycles. The summed E-state index contributed by atoms with van der Waals surface area (Å²) in [5.41, 5.74) is -2.31. The summed E-state index contributed by atoms with van der Waals surface area (Å²) in [6, 6.07) is 12.3. The maximum absolute atomic E-state index is 14.4. The normalized spacial score (nSPS) is 13.1. The van der Waals surface area contributed by atoms with E-state index in [1.165, 1.54) is 18.2 Å². The Hall–Kier alpha value is -3.10. The largest absolute Gasteiger partial charge is 0.416 e. The second kappa shape index (κ2) is 8.95. The van der Waals surface area contributed by atoms with Gasteiger partial charge in [-0.15, -0.1) is 0 Å². The van der Waals surface area contributed by atoms with Gasteiger partial charge in [0.2, 0.25) is 0 Å². The first-order valence-electron chi connectivity index (χ1n) is 9.22. The molecule has 3 aromatic rings. The predicted molar refractivity (Wildman–Crippen MR) is 102 cm³/mol. The van der Waals surface area contributed by atoms with Crippen LogP contribution in [0.3, 0.4) is 0 Å². The van der Waals surface area contributed by atoms with E-state index in [1.54, 1.807) is 30.5 Å². The molecule has 3 rings (SSSR count). The highest BCUT2D eigenvalue weighted by atomic mass is 19.4. The molecule has 0 radical (unpaired) electrons. The van der Waals surface area contributed by atoms with Crippen molar-refractivity contribution in [3.63, 3.8) is 0 Å². The Morgan fingerprint density at radius 2 is 1.42 bits per heavy atom. The van der Waals surface area contributed by atoms with Crippen molar-refractivity contribution in [2.24, 2.45) is 0 Å². The standard InChI is InChI=1S/C22H17F7N2/c23-20-7-2-1-6-19(20)14(9-17-5-3-4-8-30-17)13-31-18-11-15(21(24,25)26)10-16(12-18)22(27,28)29/h1-8,10-12,14,31H,9,13H2/t14-/m1/s1. The molecule has 1 atom stereocenters. The van der Waals surface area contributed by atoms with Crippen molar-refractivity contribution in [1.82, 2.24) is 4.98 Å². The van der Waals surface area contributed by atoms with Crippen LogP contribution >= 0.6 is 0 Å². The Labute approximate surface area is 173 Å². The van der Waals surface area contributed by atoms with E-state index in [4.69, 9.17) is 0 Å². The number of alkyl halides is 6. The molecule has 2 aromatic carbocycles. The fourth-order valence-corrected chi connectivity index (χ4v) is 3.17. The van der Waals surface area contributed by atoms with Gasteiger partial charge in [0.05, 0.1) is 11.1 Å². The van der Waals surface area contributed by atoms with E-state index in [2.05, 4.69) is 10.3 Å². The van der Waals surface area contributed by atoms with Crippen LogP contribution in [0.4, 0.5) is 36.4 Å². The van der Waals surface area contributed by atoms with Gasteiger partial charge in [0, 0.05) is 30.0 Å². The number of hydrogen-bond acceptors (Lipinski definition) is 2. The molecule has 0 saturated carbocycles. The van der Waals surface area contributed by atoms with Gasteiger partial charge in [0.15, 0.2) is 0 Å². The molecule has 0 fully saturated rings. The Bertz CT molecular complexity index is 982. The monoisotopic (exact) mass is 442 g/mol. The van der Waals surface area contributed by atoms with Crippen molar-refractivity contribution in [1.29, 1.82) is 0 Å². The second-order valence-corrected chi connectivity index (χ2v) is 6.92. The van der Waals surface area contributed by atoms with Gasteiger partial charge in [-0.3, -0.25) is 4.98 Å². The maximum atomic E-state index is 14.4. The highest BCUT2D eigenvalue weighted by Crippen LogP contribution is 2.37. The summed E-state index contributed by atoms with van der Waals surface area (Å²) in [6.07, 6.45) is -8.11. The van der Waals surface area contributed by atoms with Gasteiger partial charge in [-0.25, -0.2) is 4.39 Å². The number of rotatable bonds is 6. The zero-order valence-corrected chi connectivity index (χ0v) is 15.9. The van der Waals surface area contributed by atoms with Crippen molar-refractivity contribution >= 4 is 5.69 Å². The number of pyridine rings is 1. The Kier molecular flexibility index (Phi) is 6.52. The molecule has 31 heavy (non-hydrogen) atoms. The smallest absolute Gasteiger partial charge is 0.384 e. The van der Waals surface area contributed by atoms with Gasteiger partial charge < -0.3 is 5.32 Å². The summed E-state index contributed by atoms with van der Waals surface area (Å²) in [5.74, 6) is -1.11. The number of nitrogens with zero attached hydrogens (tertiary/aromatic N) is 1. The average molecular weight is 442 g/mol. The third-order valence-corrected chi connectivity index (χ3v) is 4.67. The molecule has 1 heterocycles. The fourth-order valence-electron chi connectivity index (χ4n) is 3.17. The summed E-state index contributed by atoms with van der Waals surface area (Å²) in [7, 11) is 0. The van der Waals surface area contributed by atoms with Gasteiger partial charge in [-0.1, -0.05) is 24.3 Å². The summed E-state index contributed by atoms with van der Waals surface area (Å²) >= 11 is 0. The first-order valence-corrected chi connectivity index (χ1v) is 9.22. The zero-order valence-electron chi connectivity index (χ0n) is 15.9. The minimum atomic E-state index is -4.95. The van der Waals surface area contributed by atoms with Gasteiger partial charge >= 0.3 is 12.4 Å². The van der Waals surface area contributed by atoms with Crippen LogP contribution in [-0.4, -0.2) is 11.5 Å². The van der Waals surface area contributed by atoms with Gasteiger partial charge in [0.1, 0.15) is 5.82 Å². The van der Waals surface area contributed by atoms with Crippen LogP contribution in [0.25, 0.3) is 0 Å². The lowest BCUT2D eigenvalue weighted by Gasteiger charge is -2.21. The van der Waals surface area contributed by atoms with Crippen molar-refractivity contribution in [3.05, 3.63) is 95.1 Å². The first kappa shape index (κ1) is 22.6. The number of anilines is 1. The van der Waals surface area contributed by atoms with E-state index in [0.29, 0.717) is 17.8 Å². The number of halogens is 7. The quantitative estimate of drug-likeness (QED) is 0.430. The van der Waals surface area contributed by atoms with Crippen LogP contribution in [0.15, 0.2) is 66.9 Å². The van der Waals surface area contributed by atoms with Crippen molar-refractivity contribution < 1.29 is 30.7 Å². The molecular formula is C22H17F7N2. The lowest BCUT2D eigenvalue weighted by molar-refractivity contribution is -0.143. The van der Waals surface area contributed by atoms with Crippen molar-refractivity contribution in [2.75, 3.05) is 11.9 Å². The van der Waals surface area contributed by atoms with Crippen LogP contribution in [0.2, 0.25) is 0 Å². The molecular weight excluding hydrogens is 425 g/mol. The van der Waals surface area contributed by atoms with E-state index in [-0.39, 0.29) is 30.3 Å². The highest BCUT2D eigenvalue weighted by molar-refractivity contribution is 5.51. The minimum absolute atomic E-state index is 0.0629. The minimum Gasteiger partial charge on any atom is -0.384 e. The molecule has 0 aliphatic heterocycles. The zero-order chi connectivity index (χ0) is 22.6. The maximum Gasteiger partial charge on any atom is 0.416 e. The second-order valence-electron chi connectivity index (χ2n) is 6.92. The van der Waals surface area contributed by atoms with E-state index in [0.717, 1.165) is 0 Å². The van der Waals surface area contributed by atoms with Gasteiger partial charge in [-0.2, -0.15) is 26.3 Å². The third kappa shape index (κ3) is 5.96. The van der Waals surface area contributed by atoms with E-state index < -0.39 is 35.2 Å². The number of hydrogen-bond donors (Lipinski definition) is 1. The van der Waals surface area contributed by atoms with Crippen LogP contribution in [-0.2, 0) is 18.8 Å². The number of nitrogens with one attached hydrogen (secondary N) is 1. The lowest BCUT2D eigenvalue weighted by atomic mass is 9.93. The number of aromatic nitrogens is 1. The Morgan fingerprint density at radius 3 is 1.97 bits per heavy atom. The molecule has 0 aliphatic carbocycles. The van der Waals surface area contributed by atoms with Gasteiger partial charge in [0.25, 0.3) is 0 Å². The summed E-state index contributed by atoms with van der Waals surface area (Å²) in [4.78, 5) is 4.17. The summed E-state index contributed by atoms with van der Waals surface area (Å²) in [5, 5.41) is 2.62. The molecule has 1 N–H and O–H groups in total. The van der Waals surface area contributed by atoms with Gasteiger partial charge in [-0.05, 0) is 48.4 Å². The molecule has 1 aromatic heterocycles. The molecule has 0 amide bonds. The summed E-state index contributed by atoms with van der Waals surface area (Å²) < 4.78 is 92.9. The molecule has 9 heteroatoms. The molecule has 164 valence electrons. The van der Waals surface area contributed by atoms with E-state index in [9.17, 15) is 30.7 Å². The van der Waals surface area contributed by atoms with Crippen LogP contribution < -0.4 is 5.32 Å². The van der Waals surface area contributed by atoms with E-state index >= 15 is 0 Å². The van der Waals surface area contributed by atoms with E-state index in [1.807, 2.05) is 0 Å². The topological polar surface area (TPSA) is 24.9 Å². The number of benzene rings is 2. The molecule has 0 aliphatic rings. The van der Waals surface area contributed by atoms with Crippen LogP contribution in [0.1, 0.15) is 28.3 Å². The first-order chi connectivity index (χ1) is 14.5. The fraction of sp³-hybridized carbons (Fsp3) is 0.227. The molecule has 0 bridgehead atoms. The Morgan fingerprint density at radius 1 is 0.806 bits per heavy atom.